The molecule has 1 aromatic heterocycles. The molecule has 0 atom stereocenters. The fourth-order valence-electron chi connectivity index (χ4n) is 3.28. The van der Waals surface area contributed by atoms with Crippen LogP contribution in [-0.2, 0) is 0 Å². The number of rotatable bonds is 3. The lowest BCUT2D eigenvalue weighted by Crippen LogP contribution is -2.36. The second kappa shape index (κ2) is 6.33. The van der Waals surface area contributed by atoms with Crippen LogP contribution in [0.15, 0.2) is 11.2 Å². The first-order valence-corrected chi connectivity index (χ1v) is 7.63. The fourth-order valence-corrected chi connectivity index (χ4v) is 3.28. The Bertz CT molecular complexity index is 533. The second-order valence-electron chi connectivity index (χ2n) is 6.25. The molecule has 0 unspecified atom stereocenters. The van der Waals surface area contributed by atoms with Crippen molar-refractivity contribution in [3.8, 4) is 0 Å². The minimum absolute atomic E-state index is 0.131. The molecule has 0 spiro atoms. The van der Waals surface area contributed by atoms with Crippen LogP contribution in [0, 0.1) is 19.8 Å². The number of aromatic nitrogens is 1. The Morgan fingerprint density at radius 2 is 1.95 bits per heavy atom. The molecule has 116 valence electrons. The molecule has 0 aromatic carbocycles. The van der Waals surface area contributed by atoms with Gasteiger partial charge in [-0.05, 0) is 51.5 Å². The fraction of sp³-hybridized carbons (Fsp3) is 0.625. The molecule has 0 amide bonds. The van der Waals surface area contributed by atoms with Gasteiger partial charge in [0.25, 0.3) is 0 Å². The minimum Gasteiger partial charge on any atom is -0.409 e. The van der Waals surface area contributed by atoms with Crippen LogP contribution < -0.4 is 10.6 Å². The van der Waals surface area contributed by atoms with Gasteiger partial charge in [-0.1, -0.05) is 12.1 Å². The van der Waals surface area contributed by atoms with Gasteiger partial charge in [0.15, 0.2) is 5.84 Å². The molecule has 1 aromatic rings. The zero-order valence-electron chi connectivity index (χ0n) is 13.4. The Labute approximate surface area is 126 Å². The van der Waals surface area contributed by atoms with Crippen molar-refractivity contribution < 1.29 is 5.21 Å². The van der Waals surface area contributed by atoms with E-state index in [0.29, 0.717) is 6.04 Å². The molecule has 0 bridgehead atoms. The Morgan fingerprint density at radius 1 is 1.33 bits per heavy atom. The number of nitrogens with zero attached hydrogens (tertiary/aromatic N) is 3. The Balaban J connectivity index is 2.37. The van der Waals surface area contributed by atoms with Crippen molar-refractivity contribution in [2.75, 3.05) is 11.9 Å². The molecule has 1 saturated carbocycles. The first kappa shape index (κ1) is 15.6. The zero-order chi connectivity index (χ0) is 15.6. The number of nitrogens with two attached hydrogens (primary N) is 1. The van der Waals surface area contributed by atoms with Gasteiger partial charge >= 0.3 is 0 Å². The maximum absolute atomic E-state index is 9.05. The predicted octanol–water partition coefficient (Wildman–Crippen LogP) is 2.81. The lowest BCUT2D eigenvalue weighted by Gasteiger charge is -2.36. The summed E-state index contributed by atoms with van der Waals surface area (Å²) >= 11 is 0. The molecule has 5 heteroatoms. The number of hydrogen-bond acceptors (Lipinski definition) is 4. The largest absolute Gasteiger partial charge is 0.409 e. The molecule has 1 aliphatic carbocycles. The molecule has 1 aliphatic rings. The standard InChI is InChI=1S/C16H26N4O/c1-10-5-7-13(8-6-10)20(4)14-9-11(2)18-12(3)15(14)16(17)19-21/h9-10,13,21H,5-8H2,1-4H3,(H2,17,19). The van der Waals surface area contributed by atoms with Gasteiger partial charge in [-0.25, -0.2) is 0 Å². The number of pyridine rings is 1. The SMILES string of the molecule is Cc1cc(N(C)C2CCC(C)CC2)c(/C(N)=N/O)c(C)n1. The van der Waals surface area contributed by atoms with Crippen molar-refractivity contribution in [3.05, 3.63) is 23.0 Å². The number of oxime groups is 1. The molecule has 1 fully saturated rings. The van der Waals surface area contributed by atoms with Gasteiger partial charge in [-0.15, -0.1) is 0 Å². The Kier molecular flexibility index (Phi) is 4.70. The smallest absolute Gasteiger partial charge is 0.174 e. The van der Waals surface area contributed by atoms with Crippen molar-refractivity contribution in [2.24, 2.45) is 16.8 Å². The van der Waals surface area contributed by atoms with Gasteiger partial charge in [-0.2, -0.15) is 0 Å². The van der Waals surface area contributed by atoms with Gasteiger partial charge in [0.05, 0.1) is 16.9 Å². The van der Waals surface area contributed by atoms with Crippen LogP contribution in [0.4, 0.5) is 5.69 Å². The minimum atomic E-state index is 0.131. The van der Waals surface area contributed by atoms with Crippen LogP contribution in [0.5, 0.6) is 0 Å². The van der Waals surface area contributed by atoms with E-state index in [1.807, 2.05) is 19.9 Å². The highest BCUT2D eigenvalue weighted by Crippen LogP contribution is 2.32. The average molecular weight is 290 g/mol. The Hall–Kier alpha value is -1.78. The highest BCUT2D eigenvalue weighted by atomic mass is 16.4. The van der Waals surface area contributed by atoms with E-state index in [-0.39, 0.29) is 5.84 Å². The Morgan fingerprint density at radius 3 is 2.52 bits per heavy atom. The van der Waals surface area contributed by atoms with E-state index < -0.39 is 0 Å². The quantitative estimate of drug-likeness (QED) is 0.388. The first-order chi connectivity index (χ1) is 9.93. The molecule has 2 rings (SSSR count). The van der Waals surface area contributed by atoms with E-state index in [0.717, 1.165) is 28.6 Å². The van der Waals surface area contributed by atoms with Gasteiger partial charge in [0.1, 0.15) is 0 Å². The van der Waals surface area contributed by atoms with Gasteiger partial charge in [0, 0.05) is 18.8 Å². The topological polar surface area (TPSA) is 74.7 Å². The summed E-state index contributed by atoms with van der Waals surface area (Å²) < 4.78 is 0. The lowest BCUT2D eigenvalue weighted by molar-refractivity contribution is 0.318. The van der Waals surface area contributed by atoms with E-state index in [2.05, 4.69) is 29.0 Å². The molecule has 0 aliphatic heterocycles. The van der Waals surface area contributed by atoms with Gasteiger partial charge in [0.2, 0.25) is 0 Å². The summed E-state index contributed by atoms with van der Waals surface area (Å²) in [6.45, 7) is 6.20. The summed E-state index contributed by atoms with van der Waals surface area (Å²) in [5.41, 5.74) is 9.37. The maximum Gasteiger partial charge on any atom is 0.174 e. The van der Waals surface area contributed by atoms with Crippen LogP contribution in [0.1, 0.15) is 49.6 Å². The highest BCUT2D eigenvalue weighted by Gasteiger charge is 2.25. The van der Waals surface area contributed by atoms with E-state index in [9.17, 15) is 0 Å². The molecular formula is C16H26N4O. The van der Waals surface area contributed by atoms with Crippen LogP contribution in [0.25, 0.3) is 0 Å². The monoisotopic (exact) mass is 290 g/mol. The summed E-state index contributed by atoms with van der Waals surface area (Å²) in [5.74, 6) is 0.949. The summed E-state index contributed by atoms with van der Waals surface area (Å²) in [6, 6.07) is 2.53. The van der Waals surface area contributed by atoms with Crippen molar-refractivity contribution in [3.63, 3.8) is 0 Å². The van der Waals surface area contributed by atoms with Crippen molar-refractivity contribution in [1.82, 2.24) is 4.98 Å². The van der Waals surface area contributed by atoms with E-state index in [1.54, 1.807) is 0 Å². The number of hydrogen-bond donors (Lipinski definition) is 2. The normalized spacial score (nSPS) is 23.1. The summed E-state index contributed by atoms with van der Waals surface area (Å²) in [5, 5.41) is 12.2. The summed E-state index contributed by atoms with van der Waals surface area (Å²) in [4.78, 5) is 6.72. The molecule has 1 heterocycles. The maximum atomic E-state index is 9.05. The summed E-state index contributed by atoms with van der Waals surface area (Å²) in [6.07, 6.45) is 4.90. The van der Waals surface area contributed by atoms with Crippen molar-refractivity contribution in [1.29, 1.82) is 0 Å². The van der Waals surface area contributed by atoms with Crippen LogP contribution in [-0.4, -0.2) is 29.1 Å². The van der Waals surface area contributed by atoms with Crippen molar-refractivity contribution in [2.45, 2.75) is 52.5 Å². The molecular weight excluding hydrogens is 264 g/mol. The molecule has 0 radical (unpaired) electrons. The van der Waals surface area contributed by atoms with E-state index >= 15 is 0 Å². The molecule has 3 N–H and O–H groups in total. The third-order valence-corrected chi connectivity index (χ3v) is 4.58. The highest BCUT2D eigenvalue weighted by molar-refractivity contribution is 6.03. The predicted molar refractivity (Wildman–Crippen MR) is 86.0 cm³/mol. The van der Waals surface area contributed by atoms with Crippen LogP contribution in [0.2, 0.25) is 0 Å². The second-order valence-corrected chi connectivity index (χ2v) is 6.25. The summed E-state index contributed by atoms with van der Waals surface area (Å²) in [7, 11) is 2.10. The number of anilines is 1. The van der Waals surface area contributed by atoms with Gasteiger partial charge in [-0.3, -0.25) is 4.98 Å². The zero-order valence-corrected chi connectivity index (χ0v) is 13.4. The van der Waals surface area contributed by atoms with Crippen LogP contribution >= 0.6 is 0 Å². The first-order valence-electron chi connectivity index (χ1n) is 7.63. The molecule has 5 nitrogen and oxygen atoms in total. The average Bonchev–Trinajstić information content (AvgIpc) is 2.45. The van der Waals surface area contributed by atoms with E-state index in [1.165, 1.54) is 25.7 Å². The third kappa shape index (κ3) is 3.28. The number of amidine groups is 1. The van der Waals surface area contributed by atoms with Gasteiger partial charge < -0.3 is 15.8 Å². The van der Waals surface area contributed by atoms with Crippen LogP contribution in [0.3, 0.4) is 0 Å². The van der Waals surface area contributed by atoms with Crippen molar-refractivity contribution >= 4 is 11.5 Å². The lowest BCUT2D eigenvalue weighted by atomic mass is 9.86. The number of aryl methyl sites for hydroxylation is 2. The third-order valence-electron chi connectivity index (χ3n) is 4.58. The molecule has 21 heavy (non-hydrogen) atoms. The molecule has 0 saturated heterocycles. The van der Waals surface area contributed by atoms with E-state index in [4.69, 9.17) is 10.9 Å².